The van der Waals surface area contributed by atoms with Gasteiger partial charge in [-0.3, -0.25) is 9.71 Å². The number of sulfonamides is 1. The molecule has 0 aliphatic carbocycles. The molecule has 0 radical (unpaired) electrons. The number of anilines is 2. The molecule has 0 atom stereocenters. The lowest BCUT2D eigenvalue weighted by molar-refractivity contribution is 0.0240. The smallest absolute Gasteiger partial charge is 0.410 e. The first kappa shape index (κ1) is 28.2. The van der Waals surface area contributed by atoms with Crippen molar-refractivity contribution in [3.63, 3.8) is 0 Å². The third-order valence-corrected chi connectivity index (χ3v) is 7.32. The molecule has 1 fully saturated rings. The maximum absolute atomic E-state index is 15.2. The van der Waals surface area contributed by atoms with E-state index < -0.39 is 32.9 Å². The number of hydrogen-bond acceptors (Lipinski definition) is 8. The van der Waals surface area contributed by atoms with E-state index in [1.165, 1.54) is 6.20 Å². The van der Waals surface area contributed by atoms with Crippen LogP contribution in [0, 0.1) is 11.6 Å². The van der Waals surface area contributed by atoms with Crippen molar-refractivity contribution in [2.45, 2.75) is 39.7 Å². The van der Waals surface area contributed by atoms with E-state index in [0.29, 0.717) is 43.9 Å². The predicted octanol–water partition coefficient (Wildman–Crippen LogP) is 3.82. The maximum atomic E-state index is 15.2. The van der Waals surface area contributed by atoms with Gasteiger partial charge in [0.05, 0.1) is 29.5 Å². The first-order chi connectivity index (χ1) is 18.4. The minimum absolute atomic E-state index is 0.202. The van der Waals surface area contributed by atoms with Crippen LogP contribution in [0.1, 0.15) is 34.1 Å². The molecule has 1 saturated heterocycles. The Labute approximate surface area is 225 Å². The summed E-state index contributed by atoms with van der Waals surface area (Å²) in [4.78, 5) is 20.3. The van der Waals surface area contributed by atoms with Gasteiger partial charge < -0.3 is 14.5 Å². The summed E-state index contributed by atoms with van der Waals surface area (Å²) in [5, 5.41) is 7.92. The molecule has 0 spiro atoms. The molecular formula is C25H31F2N7O4S. The highest BCUT2D eigenvalue weighted by Crippen LogP contribution is 2.28. The van der Waals surface area contributed by atoms with Gasteiger partial charge in [-0.1, -0.05) is 12.1 Å². The number of hydrogen-bond donors (Lipinski definition) is 1. The molecule has 210 valence electrons. The molecule has 1 aromatic carbocycles. The standard InChI is InChI=1S/C25H31F2N7O4S/c1-5-12-39(36,37)30-20-7-6-19(26)23(22(20)27)34-16-21(29-31-34)17-13-18(15-28-14-17)32-8-10-33(11-9-32)24(35)38-25(2,3)4/h6-7,13-16,30H,5,8-12H2,1-4H3. The Bertz CT molecular complexity index is 1450. The number of nitrogens with zero attached hydrogens (tertiary/aromatic N) is 6. The van der Waals surface area contributed by atoms with Crippen molar-refractivity contribution in [1.29, 1.82) is 0 Å². The van der Waals surface area contributed by atoms with E-state index in [0.717, 1.165) is 22.5 Å². The van der Waals surface area contributed by atoms with Crippen LogP contribution in [0.3, 0.4) is 0 Å². The molecular weight excluding hydrogens is 532 g/mol. The molecule has 1 N–H and O–H groups in total. The van der Waals surface area contributed by atoms with Crippen LogP contribution >= 0.6 is 0 Å². The number of halogens is 2. The summed E-state index contributed by atoms with van der Waals surface area (Å²) >= 11 is 0. The summed E-state index contributed by atoms with van der Waals surface area (Å²) < 4.78 is 62.5. The molecule has 11 nitrogen and oxygen atoms in total. The minimum atomic E-state index is -3.79. The fourth-order valence-electron chi connectivity index (χ4n) is 4.04. The van der Waals surface area contributed by atoms with Crippen molar-refractivity contribution in [2.75, 3.05) is 41.6 Å². The predicted molar refractivity (Wildman–Crippen MR) is 142 cm³/mol. The molecule has 14 heteroatoms. The fraction of sp³-hybridized carbons (Fsp3) is 0.440. The molecule has 0 bridgehead atoms. The molecule has 2 aromatic heterocycles. The molecule has 1 amide bonds. The van der Waals surface area contributed by atoms with Crippen LogP contribution in [0.2, 0.25) is 0 Å². The molecule has 1 aliphatic rings. The minimum Gasteiger partial charge on any atom is -0.444 e. The quantitative estimate of drug-likeness (QED) is 0.461. The van der Waals surface area contributed by atoms with Crippen LogP contribution in [0.5, 0.6) is 0 Å². The Balaban J connectivity index is 1.51. The molecule has 39 heavy (non-hydrogen) atoms. The van der Waals surface area contributed by atoms with Crippen LogP contribution in [-0.2, 0) is 14.8 Å². The Morgan fingerprint density at radius 2 is 1.85 bits per heavy atom. The lowest BCUT2D eigenvalue weighted by Gasteiger charge is -2.36. The third-order valence-electron chi connectivity index (χ3n) is 5.84. The number of pyridine rings is 1. The van der Waals surface area contributed by atoms with Gasteiger partial charge in [0, 0.05) is 37.9 Å². The second-order valence-corrected chi connectivity index (χ2v) is 12.0. The van der Waals surface area contributed by atoms with Gasteiger partial charge in [0.15, 0.2) is 11.6 Å². The van der Waals surface area contributed by atoms with E-state index >= 15 is 4.39 Å². The van der Waals surface area contributed by atoms with Gasteiger partial charge in [0.25, 0.3) is 0 Å². The van der Waals surface area contributed by atoms with E-state index in [1.54, 1.807) is 24.2 Å². The lowest BCUT2D eigenvalue weighted by atomic mass is 10.2. The van der Waals surface area contributed by atoms with Gasteiger partial charge in [0.2, 0.25) is 10.0 Å². The zero-order valence-electron chi connectivity index (χ0n) is 22.2. The van der Waals surface area contributed by atoms with Crippen LogP contribution < -0.4 is 9.62 Å². The van der Waals surface area contributed by atoms with Crippen molar-refractivity contribution in [3.8, 4) is 16.9 Å². The Kier molecular flexibility index (Phi) is 8.04. The van der Waals surface area contributed by atoms with E-state index in [9.17, 15) is 17.6 Å². The number of rotatable bonds is 7. The Morgan fingerprint density at radius 1 is 1.13 bits per heavy atom. The van der Waals surface area contributed by atoms with Gasteiger partial charge in [-0.05, 0) is 45.4 Å². The monoisotopic (exact) mass is 563 g/mol. The highest BCUT2D eigenvalue weighted by molar-refractivity contribution is 7.92. The first-order valence-electron chi connectivity index (χ1n) is 12.5. The van der Waals surface area contributed by atoms with Gasteiger partial charge in [-0.15, -0.1) is 5.10 Å². The number of nitrogens with one attached hydrogen (secondary N) is 1. The van der Waals surface area contributed by atoms with Crippen molar-refractivity contribution in [2.24, 2.45) is 0 Å². The molecule has 1 aliphatic heterocycles. The average molecular weight is 564 g/mol. The summed E-state index contributed by atoms with van der Waals surface area (Å²) in [6.07, 6.45) is 4.56. The number of piperazine rings is 1. The number of amides is 1. The third kappa shape index (κ3) is 6.80. The van der Waals surface area contributed by atoms with Crippen LogP contribution in [0.25, 0.3) is 16.9 Å². The largest absolute Gasteiger partial charge is 0.444 e. The summed E-state index contributed by atoms with van der Waals surface area (Å²) in [6.45, 7) is 9.23. The van der Waals surface area contributed by atoms with E-state index in [-0.39, 0.29) is 17.5 Å². The molecule has 0 saturated carbocycles. The van der Waals surface area contributed by atoms with Gasteiger partial charge in [-0.25, -0.2) is 26.7 Å². The molecule has 3 heterocycles. The van der Waals surface area contributed by atoms with Crippen LogP contribution in [0.15, 0.2) is 36.8 Å². The maximum Gasteiger partial charge on any atom is 0.410 e. The van der Waals surface area contributed by atoms with Crippen LogP contribution in [0.4, 0.5) is 25.0 Å². The zero-order valence-corrected chi connectivity index (χ0v) is 23.0. The van der Waals surface area contributed by atoms with E-state index in [2.05, 4.69) is 24.9 Å². The van der Waals surface area contributed by atoms with Crippen molar-refractivity contribution < 1.29 is 26.7 Å². The topological polar surface area (TPSA) is 123 Å². The van der Waals surface area contributed by atoms with Crippen LogP contribution in [-0.4, -0.2) is 76.9 Å². The highest BCUT2D eigenvalue weighted by Gasteiger charge is 2.26. The van der Waals surface area contributed by atoms with Crippen molar-refractivity contribution >= 4 is 27.5 Å². The van der Waals surface area contributed by atoms with Crippen molar-refractivity contribution in [1.82, 2.24) is 24.9 Å². The second kappa shape index (κ2) is 11.1. The zero-order chi connectivity index (χ0) is 28.4. The average Bonchev–Trinajstić information content (AvgIpc) is 3.35. The van der Waals surface area contributed by atoms with E-state index in [4.69, 9.17) is 4.74 Å². The Morgan fingerprint density at radius 3 is 2.51 bits per heavy atom. The summed E-state index contributed by atoms with van der Waals surface area (Å²) in [6, 6.07) is 3.81. The first-order valence-corrected chi connectivity index (χ1v) is 14.1. The summed E-state index contributed by atoms with van der Waals surface area (Å²) in [7, 11) is -3.79. The fourth-order valence-corrected chi connectivity index (χ4v) is 5.17. The molecule has 4 rings (SSSR count). The summed E-state index contributed by atoms with van der Waals surface area (Å²) in [5.41, 5.74) is 0.149. The van der Waals surface area contributed by atoms with Gasteiger partial charge >= 0.3 is 6.09 Å². The molecule has 3 aromatic rings. The number of benzene rings is 1. The number of aromatic nitrogens is 4. The van der Waals surface area contributed by atoms with Crippen molar-refractivity contribution in [3.05, 3.63) is 48.4 Å². The number of carbonyl (C=O) groups is 1. The number of carbonyl (C=O) groups excluding carboxylic acids is 1. The summed E-state index contributed by atoms with van der Waals surface area (Å²) in [5.74, 6) is -2.25. The normalized spacial score (nSPS) is 14.4. The Hall–Kier alpha value is -3.81. The SMILES string of the molecule is CCCS(=O)(=O)Nc1ccc(F)c(-n2cc(-c3cncc(N4CCN(C(=O)OC(C)(C)C)CC4)c3)nn2)c1F. The second-order valence-electron chi connectivity index (χ2n) is 10.1. The highest BCUT2D eigenvalue weighted by atomic mass is 32.2. The van der Waals surface area contributed by atoms with Gasteiger partial charge in [-0.2, -0.15) is 0 Å². The molecule has 0 unspecified atom stereocenters. The number of ether oxygens (including phenoxy) is 1. The van der Waals surface area contributed by atoms with E-state index in [1.807, 2.05) is 26.8 Å². The van der Waals surface area contributed by atoms with Gasteiger partial charge in [0.1, 0.15) is 17.0 Å². The lowest BCUT2D eigenvalue weighted by Crippen LogP contribution is -2.50.